The fraction of sp³-hybridized carbons (Fsp3) is 0.615. The molecule has 0 fully saturated rings. The second kappa shape index (κ2) is 7.44. The highest BCUT2D eigenvalue weighted by atomic mass is 32.1. The number of hydrogen-bond donors (Lipinski definition) is 0. The molecule has 0 atom stereocenters. The van der Waals surface area contributed by atoms with Crippen LogP contribution in [-0.2, 0) is 0 Å². The summed E-state index contributed by atoms with van der Waals surface area (Å²) in [5.41, 5.74) is 1.13. The molecule has 0 aromatic carbocycles. The Labute approximate surface area is 102 Å². The minimum Gasteiger partial charge on any atom is -0.370 e. The predicted molar refractivity (Wildman–Crippen MR) is 71.7 cm³/mol. The Kier molecular flexibility index (Phi) is 6.16. The molecule has 1 heterocycles. The van der Waals surface area contributed by atoms with Gasteiger partial charge in [0.1, 0.15) is 0 Å². The molecule has 0 unspecified atom stereocenters. The quantitative estimate of drug-likeness (QED) is 0.640. The molecule has 16 heavy (non-hydrogen) atoms. The number of carbonyl (C=O) groups excluding carboxylic acids is 1. The lowest BCUT2D eigenvalue weighted by molar-refractivity contribution is 0.112. The average molecular weight is 239 g/mol. The second-order valence-corrected chi connectivity index (χ2v) is 4.93. The van der Waals surface area contributed by atoms with Gasteiger partial charge in [-0.05, 0) is 24.3 Å². The summed E-state index contributed by atoms with van der Waals surface area (Å²) in [4.78, 5) is 14.1. The lowest BCUT2D eigenvalue weighted by Crippen LogP contribution is -2.25. The molecule has 0 bridgehead atoms. The van der Waals surface area contributed by atoms with Gasteiger partial charge < -0.3 is 4.90 Å². The summed E-state index contributed by atoms with van der Waals surface area (Å²) in [6.07, 6.45) is 5.76. The first-order valence-electron chi connectivity index (χ1n) is 6.11. The van der Waals surface area contributed by atoms with E-state index in [1.165, 1.54) is 37.0 Å². The van der Waals surface area contributed by atoms with Gasteiger partial charge in [0, 0.05) is 13.1 Å². The van der Waals surface area contributed by atoms with Crippen molar-refractivity contribution in [2.45, 2.75) is 39.5 Å². The van der Waals surface area contributed by atoms with E-state index in [2.05, 4.69) is 24.8 Å². The number of carbonyl (C=O) groups is 1. The normalized spacial score (nSPS) is 10.4. The highest BCUT2D eigenvalue weighted by Crippen LogP contribution is 2.25. The van der Waals surface area contributed by atoms with Crippen LogP contribution in [0.4, 0.5) is 5.69 Å². The van der Waals surface area contributed by atoms with Crippen molar-refractivity contribution < 1.29 is 4.79 Å². The van der Waals surface area contributed by atoms with Gasteiger partial charge in [-0.15, -0.1) is 11.3 Å². The maximum Gasteiger partial charge on any atom is 0.162 e. The van der Waals surface area contributed by atoms with Gasteiger partial charge in [-0.1, -0.05) is 26.7 Å². The summed E-state index contributed by atoms with van der Waals surface area (Å²) in [5.74, 6) is 0. The van der Waals surface area contributed by atoms with Gasteiger partial charge in [0.05, 0.1) is 10.6 Å². The number of hydrogen-bond acceptors (Lipinski definition) is 3. The van der Waals surface area contributed by atoms with E-state index in [0.717, 1.165) is 29.9 Å². The maximum atomic E-state index is 10.9. The molecule has 1 aromatic rings. The number of nitrogens with zero attached hydrogens (tertiary/aromatic N) is 1. The summed E-state index contributed by atoms with van der Waals surface area (Å²) in [6, 6.07) is 2.07. The van der Waals surface area contributed by atoms with E-state index in [1.807, 2.05) is 5.38 Å². The Morgan fingerprint density at radius 2 is 1.88 bits per heavy atom. The van der Waals surface area contributed by atoms with Crippen molar-refractivity contribution in [1.82, 2.24) is 0 Å². The highest BCUT2D eigenvalue weighted by molar-refractivity contribution is 7.12. The van der Waals surface area contributed by atoms with Crippen LogP contribution in [0.2, 0.25) is 0 Å². The fourth-order valence-electron chi connectivity index (χ4n) is 1.71. The summed E-state index contributed by atoms with van der Waals surface area (Å²) >= 11 is 1.54. The summed E-state index contributed by atoms with van der Waals surface area (Å²) in [6.45, 7) is 6.53. The van der Waals surface area contributed by atoms with E-state index >= 15 is 0 Å². The van der Waals surface area contributed by atoms with Crippen LogP contribution in [0, 0.1) is 0 Å². The van der Waals surface area contributed by atoms with Crippen LogP contribution >= 0.6 is 11.3 Å². The van der Waals surface area contributed by atoms with Crippen LogP contribution in [0.5, 0.6) is 0 Å². The van der Waals surface area contributed by atoms with Crippen LogP contribution in [0.25, 0.3) is 0 Å². The Balaban J connectivity index is 2.69. The third-order valence-electron chi connectivity index (χ3n) is 2.68. The Morgan fingerprint density at radius 3 is 2.38 bits per heavy atom. The first-order chi connectivity index (χ1) is 7.83. The first-order valence-corrected chi connectivity index (χ1v) is 6.99. The molecule has 3 heteroatoms. The maximum absolute atomic E-state index is 10.9. The standard InChI is InChI=1S/C13H21NOS/c1-3-5-8-14(9-6-4-2)12-7-10-16-13(12)11-15/h7,10-11H,3-6,8-9H2,1-2H3. The van der Waals surface area contributed by atoms with Crippen molar-refractivity contribution in [2.24, 2.45) is 0 Å². The first kappa shape index (κ1) is 13.2. The molecule has 90 valence electrons. The summed E-state index contributed by atoms with van der Waals surface area (Å²) in [7, 11) is 0. The highest BCUT2D eigenvalue weighted by Gasteiger charge is 2.11. The molecule has 0 aliphatic carbocycles. The molecule has 2 nitrogen and oxygen atoms in total. The van der Waals surface area contributed by atoms with Crippen molar-refractivity contribution in [2.75, 3.05) is 18.0 Å². The molecule has 0 saturated carbocycles. The third kappa shape index (κ3) is 3.63. The van der Waals surface area contributed by atoms with Gasteiger partial charge in [0.2, 0.25) is 0 Å². The topological polar surface area (TPSA) is 20.3 Å². The molecule has 0 N–H and O–H groups in total. The fourth-order valence-corrected chi connectivity index (χ4v) is 2.43. The summed E-state index contributed by atoms with van der Waals surface area (Å²) in [5, 5.41) is 2.00. The number of rotatable bonds is 8. The van der Waals surface area contributed by atoms with E-state index < -0.39 is 0 Å². The Bertz CT molecular complexity index is 301. The molecule has 0 aliphatic heterocycles. The van der Waals surface area contributed by atoms with E-state index in [0.29, 0.717) is 0 Å². The minimum absolute atomic E-state index is 0.868. The number of thiophene rings is 1. The zero-order chi connectivity index (χ0) is 11.8. The van der Waals surface area contributed by atoms with Crippen molar-refractivity contribution >= 4 is 23.3 Å². The van der Waals surface area contributed by atoms with Crippen LogP contribution in [-0.4, -0.2) is 19.4 Å². The molecule has 1 rings (SSSR count). The van der Waals surface area contributed by atoms with E-state index in [-0.39, 0.29) is 0 Å². The van der Waals surface area contributed by atoms with Crippen LogP contribution in [0.3, 0.4) is 0 Å². The van der Waals surface area contributed by atoms with Crippen LogP contribution < -0.4 is 4.90 Å². The smallest absolute Gasteiger partial charge is 0.162 e. The summed E-state index contributed by atoms with van der Waals surface area (Å²) < 4.78 is 0. The molecular weight excluding hydrogens is 218 g/mol. The van der Waals surface area contributed by atoms with Crippen LogP contribution in [0.1, 0.15) is 49.2 Å². The molecule has 0 aliphatic rings. The predicted octanol–water partition coefficient (Wildman–Crippen LogP) is 3.97. The van der Waals surface area contributed by atoms with Crippen molar-refractivity contribution in [3.63, 3.8) is 0 Å². The zero-order valence-corrected chi connectivity index (χ0v) is 11.1. The van der Waals surface area contributed by atoms with Gasteiger partial charge in [-0.3, -0.25) is 4.79 Å². The van der Waals surface area contributed by atoms with Crippen molar-refractivity contribution in [3.8, 4) is 0 Å². The molecular formula is C13H21NOS. The largest absolute Gasteiger partial charge is 0.370 e. The average Bonchev–Trinajstić information content (AvgIpc) is 2.77. The lowest BCUT2D eigenvalue weighted by atomic mass is 10.2. The van der Waals surface area contributed by atoms with E-state index in [9.17, 15) is 4.79 Å². The number of unbranched alkanes of at least 4 members (excludes halogenated alkanes) is 2. The number of anilines is 1. The Hall–Kier alpha value is -0.830. The molecule has 0 amide bonds. The van der Waals surface area contributed by atoms with Gasteiger partial charge in [0.15, 0.2) is 6.29 Å². The Morgan fingerprint density at radius 1 is 1.25 bits per heavy atom. The van der Waals surface area contributed by atoms with E-state index in [4.69, 9.17) is 0 Å². The monoisotopic (exact) mass is 239 g/mol. The van der Waals surface area contributed by atoms with Gasteiger partial charge in [0.25, 0.3) is 0 Å². The third-order valence-corrected chi connectivity index (χ3v) is 3.52. The van der Waals surface area contributed by atoms with Crippen molar-refractivity contribution in [1.29, 1.82) is 0 Å². The number of aldehydes is 1. The zero-order valence-electron chi connectivity index (χ0n) is 10.2. The van der Waals surface area contributed by atoms with Crippen molar-refractivity contribution in [3.05, 3.63) is 16.3 Å². The minimum atomic E-state index is 0.868. The SMILES string of the molecule is CCCCN(CCCC)c1ccsc1C=O. The lowest BCUT2D eigenvalue weighted by Gasteiger charge is -2.24. The van der Waals surface area contributed by atoms with Gasteiger partial charge in [-0.2, -0.15) is 0 Å². The van der Waals surface area contributed by atoms with E-state index in [1.54, 1.807) is 0 Å². The van der Waals surface area contributed by atoms with Crippen LogP contribution in [0.15, 0.2) is 11.4 Å². The molecule has 1 aromatic heterocycles. The van der Waals surface area contributed by atoms with Gasteiger partial charge in [-0.25, -0.2) is 0 Å². The second-order valence-electron chi connectivity index (χ2n) is 3.98. The molecule has 0 radical (unpaired) electrons. The molecule has 0 saturated heterocycles. The van der Waals surface area contributed by atoms with Gasteiger partial charge >= 0.3 is 0 Å². The molecule has 0 spiro atoms.